The van der Waals surface area contributed by atoms with Crippen molar-refractivity contribution in [3.8, 4) is 0 Å². The Morgan fingerprint density at radius 2 is 2.17 bits per heavy atom. The molecule has 7 nitrogen and oxygen atoms in total. The number of methoxy groups -OCH3 is 1. The van der Waals surface area contributed by atoms with E-state index < -0.39 is 16.9 Å². The smallest absolute Gasteiger partial charge is 0.337 e. The summed E-state index contributed by atoms with van der Waals surface area (Å²) in [6.45, 7) is 1.84. The molecule has 1 aromatic rings. The lowest BCUT2D eigenvalue weighted by atomic mass is 9.94. The average molecular weight is 347 g/mol. The Morgan fingerprint density at radius 1 is 1.46 bits per heavy atom. The summed E-state index contributed by atoms with van der Waals surface area (Å²) in [5.74, 6) is -0.468. The van der Waals surface area contributed by atoms with Crippen LogP contribution < -0.4 is 5.32 Å². The largest absolute Gasteiger partial charge is 0.466 e. The molecule has 126 valence electrons. The van der Waals surface area contributed by atoms with Crippen molar-refractivity contribution in [1.82, 2.24) is 10.2 Å². The molecule has 8 heteroatoms. The number of nitrogens with one attached hydrogen (secondary N) is 1. The minimum Gasteiger partial charge on any atom is -0.466 e. The van der Waals surface area contributed by atoms with Gasteiger partial charge in [-0.1, -0.05) is 12.1 Å². The number of rotatable bonds is 4. The zero-order valence-electron chi connectivity index (χ0n) is 13.3. The molecule has 1 aliphatic heterocycles. The molecule has 2 aliphatic rings. The van der Waals surface area contributed by atoms with E-state index in [9.17, 15) is 14.9 Å². The van der Waals surface area contributed by atoms with Gasteiger partial charge >= 0.3 is 5.97 Å². The van der Waals surface area contributed by atoms with Crippen molar-refractivity contribution in [3.05, 3.63) is 51.2 Å². The number of allylic oxidation sites excluding steroid dienone is 1. The topological polar surface area (TPSA) is 84.7 Å². The zero-order valence-corrected chi connectivity index (χ0v) is 14.1. The van der Waals surface area contributed by atoms with Crippen LogP contribution in [0.4, 0.5) is 5.69 Å². The molecular formula is C16H17N3O4S. The van der Waals surface area contributed by atoms with Crippen LogP contribution in [0, 0.1) is 10.1 Å². The molecule has 0 spiro atoms. The number of esters is 1. The first-order valence-corrected chi connectivity index (χ1v) is 7.98. The summed E-state index contributed by atoms with van der Waals surface area (Å²) in [7, 11) is 1.32. The predicted octanol–water partition coefficient (Wildman–Crippen LogP) is 2.44. The van der Waals surface area contributed by atoms with Crippen LogP contribution in [-0.2, 0) is 9.53 Å². The number of nitro benzene ring substituents is 1. The highest BCUT2D eigenvalue weighted by Crippen LogP contribution is 2.38. The number of nitro groups is 1. The molecule has 1 aliphatic carbocycles. The number of hydrogen-bond acceptors (Lipinski definition) is 5. The second-order valence-corrected chi connectivity index (χ2v) is 6.21. The lowest BCUT2D eigenvalue weighted by Crippen LogP contribution is -2.48. The highest BCUT2D eigenvalue weighted by Gasteiger charge is 2.40. The Labute approximate surface area is 144 Å². The summed E-state index contributed by atoms with van der Waals surface area (Å²) in [6.07, 6.45) is 2.05. The highest BCUT2D eigenvalue weighted by molar-refractivity contribution is 7.80. The van der Waals surface area contributed by atoms with Crippen molar-refractivity contribution >= 4 is 29.0 Å². The van der Waals surface area contributed by atoms with E-state index in [1.165, 1.54) is 19.2 Å². The van der Waals surface area contributed by atoms with Crippen LogP contribution in [0.15, 0.2) is 35.5 Å². The lowest BCUT2D eigenvalue weighted by molar-refractivity contribution is -0.384. The van der Waals surface area contributed by atoms with Crippen molar-refractivity contribution in [2.24, 2.45) is 0 Å². The molecule has 3 rings (SSSR count). The summed E-state index contributed by atoms with van der Waals surface area (Å²) in [5, 5.41) is 14.7. The molecule has 0 amide bonds. The maximum Gasteiger partial charge on any atom is 0.337 e. The first kappa shape index (κ1) is 16.4. The number of carbonyl (C=O) groups is 1. The molecule has 0 unspecified atom stereocenters. The number of nitrogens with zero attached hydrogens (tertiary/aromatic N) is 2. The minimum absolute atomic E-state index is 0.0355. The first-order valence-electron chi connectivity index (χ1n) is 7.57. The maximum atomic E-state index is 12.4. The van der Waals surface area contributed by atoms with Crippen LogP contribution >= 0.6 is 12.2 Å². The molecule has 24 heavy (non-hydrogen) atoms. The van der Waals surface area contributed by atoms with Crippen molar-refractivity contribution < 1.29 is 14.5 Å². The fourth-order valence-corrected chi connectivity index (χ4v) is 3.38. The van der Waals surface area contributed by atoms with Crippen LogP contribution in [0.3, 0.4) is 0 Å². The molecule has 1 atom stereocenters. The number of carbonyl (C=O) groups excluding carboxylic acids is 1. The Balaban J connectivity index is 2.08. The van der Waals surface area contributed by atoms with Crippen LogP contribution in [0.1, 0.15) is 31.4 Å². The third kappa shape index (κ3) is 2.84. The van der Waals surface area contributed by atoms with Crippen LogP contribution in [0.25, 0.3) is 0 Å². The van der Waals surface area contributed by atoms with Gasteiger partial charge in [-0.3, -0.25) is 10.1 Å². The monoisotopic (exact) mass is 347 g/mol. The van der Waals surface area contributed by atoms with Gasteiger partial charge in [0.1, 0.15) is 0 Å². The maximum absolute atomic E-state index is 12.4. The molecule has 1 fully saturated rings. The van der Waals surface area contributed by atoms with Crippen molar-refractivity contribution in [3.63, 3.8) is 0 Å². The third-order valence-electron chi connectivity index (χ3n) is 4.26. The fraction of sp³-hybridized carbons (Fsp3) is 0.375. The van der Waals surface area contributed by atoms with Gasteiger partial charge in [-0.15, -0.1) is 0 Å². The van der Waals surface area contributed by atoms with Gasteiger partial charge in [0.25, 0.3) is 5.69 Å². The van der Waals surface area contributed by atoms with E-state index in [0.717, 1.165) is 18.5 Å². The standard InChI is InChI=1S/C16H17N3O4S/c1-9-13(15(20)23-2)14(17-16(24)18(9)11-6-7-11)10-4-3-5-12(8-10)19(21)22/h3-5,8,11,14H,6-7H2,1-2H3,(H,17,24)/t14-/m0/s1. The molecule has 1 saturated carbocycles. The Hall–Kier alpha value is -2.48. The van der Waals surface area contributed by atoms with Gasteiger partial charge in [0, 0.05) is 23.9 Å². The van der Waals surface area contributed by atoms with Crippen LogP contribution in [0.2, 0.25) is 0 Å². The summed E-state index contributed by atoms with van der Waals surface area (Å²) in [5.41, 5.74) is 1.73. The SMILES string of the molecule is COC(=O)C1=C(C)N(C2CC2)C(=S)N[C@H]1c1cccc([N+](=O)[O-])c1. The molecule has 0 radical (unpaired) electrons. The highest BCUT2D eigenvalue weighted by atomic mass is 32.1. The lowest BCUT2D eigenvalue weighted by Gasteiger charge is -2.37. The number of non-ortho nitro benzene ring substituents is 1. The Kier molecular flexibility index (Phi) is 4.23. The van der Waals surface area contributed by atoms with Crippen LogP contribution in [0.5, 0.6) is 0 Å². The van der Waals surface area contributed by atoms with E-state index >= 15 is 0 Å². The molecular weight excluding hydrogens is 330 g/mol. The molecule has 1 heterocycles. The third-order valence-corrected chi connectivity index (χ3v) is 4.57. The number of hydrogen-bond donors (Lipinski definition) is 1. The van der Waals surface area contributed by atoms with Gasteiger partial charge in [0.05, 0.1) is 23.6 Å². The second kappa shape index (κ2) is 6.20. The number of ether oxygens (including phenoxy) is 1. The van der Waals surface area contributed by atoms with Gasteiger partial charge in [0.2, 0.25) is 0 Å². The van der Waals surface area contributed by atoms with E-state index in [1.54, 1.807) is 12.1 Å². The molecule has 0 aromatic heterocycles. The van der Waals surface area contributed by atoms with Gasteiger partial charge in [0.15, 0.2) is 5.11 Å². The van der Waals surface area contributed by atoms with E-state index in [4.69, 9.17) is 17.0 Å². The minimum atomic E-state index is -0.570. The van der Waals surface area contributed by atoms with Gasteiger partial charge in [-0.2, -0.15) is 0 Å². The Bertz CT molecular complexity index is 757. The zero-order chi connectivity index (χ0) is 17.4. The van der Waals surface area contributed by atoms with Crippen molar-refractivity contribution in [1.29, 1.82) is 0 Å². The summed E-state index contributed by atoms with van der Waals surface area (Å²) in [4.78, 5) is 24.9. The quantitative estimate of drug-likeness (QED) is 0.387. The Morgan fingerprint density at radius 3 is 2.75 bits per heavy atom. The normalized spacial score (nSPS) is 20.7. The fourth-order valence-electron chi connectivity index (χ4n) is 2.97. The van der Waals surface area contributed by atoms with E-state index in [1.807, 2.05) is 11.8 Å². The van der Waals surface area contributed by atoms with E-state index in [0.29, 0.717) is 22.3 Å². The van der Waals surface area contributed by atoms with E-state index in [-0.39, 0.29) is 5.69 Å². The average Bonchev–Trinajstić information content (AvgIpc) is 3.38. The van der Waals surface area contributed by atoms with Crippen molar-refractivity contribution in [2.45, 2.75) is 31.8 Å². The van der Waals surface area contributed by atoms with Crippen molar-refractivity contribution in [2.75, 3.05) is 7.11 Å². The second-order valence-electron chi connectivity index (χ2n) is 5.83. The summed E-state index contributed by atoms with van der Waals surface area (Å²) < 4.78 is 4.93. The molecule has 0 bridgehead atoms. The first-order chi connectivity index (χ1) is 11.4. The van der Waals surface area contributed by atoms with Crippen LogP contribution in [-0.4, -0.2) is 34.1 Å². The molecule has 1 aromatic carbocycles. The summed E-state index contributed by atoms with van der Waals surface area (Å²) >= 11 is 5.45. The predicted molar refractivity (Wildman–Crippen MR) is 91.1 cm³/mol. The molecule has 0 saturated heterocycles. The number of thiocarbonyl (C=S) groups is 1. The van der Waals surface area contributed by atoms with Gasteiger partial charge in [-0.25, -0.2) is 4.79 Å². The number of benzene rings is 1. The van der Waals surface area contributed by atoms with Gasteiger partial charge < -0.3 is 15.0 Å². The van der Waals surface area contributed by atoms with E-state index in [2.05, 4.69) is 5.32 Å². The van der Waals surface area contributed by atoms with Gasteiger partial charge in [-0.05, 0) is 37.5 Å². The molecule has 1 N–H and O–H groups in total. The summed E-state index contributed by atoms with van der Waals surface area (Å²) in [6, 6.07) is 5.92.